The second-order valence-corrected chi connectivity index (χ2v) is 8.11. The Hall–Kier alpha value is -1.52. The summed E-state index contributed by atoms with van der Waals surface area (Å²) < 4.78 is 5.47. The quantitative estimate of drug-likeness (QED) is 0.889. The Labute approximate surface area is 147 Å². The molecule has 128 valence electrons. The molecule has 2 aromatic rings. The van der Waals surface area contributed by atoms with E-state index in [2.05, 4.69) is 24.0 Å². The molecule has 1 atom stereocenters. The lowest BCUT2D eigenvalue weighted by atomic mass is 9.86. The van der Waals surface area contributed by atoms with Gasteiger partial charge >= 0.3 is 0 Å². The van der Waals surface area contributed by atoms with Crippen LogP contribution in [0.4, 0.5) is 0 Å². The first-order valence-corrected chi connectivity index (χ1v) is 9.76. The van der Waals surface area contributed by atoms with Crippen LogP contribution in [0.1, 0.15) is 52.3 Å². The fraction of sp³-hybridized carbons (Fsp3) is 0.500. The molecule has 0 radical (unpaired) electrons. The summed E-state index contributed by atoms with van der Waals surface area (Å²) in [7, 11) is 1.65. The molecule has 24 heavy (non-hydrogen) atoms. The number of aromatic hydroxyl groups is 1. The number of nitrogens with zero attached hydrogens (tertiary/aromatic N) is 1. The van der Waals surface area contributed by atoms with Crippen molar-refractivity contribution >= 4 is 11.3 Å². The van der Waals surface area contributed by atoms with E-state index in [1.807, 2.05) is 11.3 Å². The number of phenolic OH excluding ortho intramolecular Hbond substituents is 1. The number of fused-ring (bicyclic) bond motifs is 4. The Kier molecular flexibility index (Phi) is 4.27. The van der Waals surface area contributed by atoms with Crippen LogP contribution in [0.15, 0.2) is 18.2 Å². The Morgan fingerprint density at radius 3 is 3.04 bits per heavy atom. The molecule has 0 saturated heterocycles. The molecule has 0 aliphatic carbocycles. The largest absolute Gasteiger partial charge is 0.504 e. The van der Waals surface area contributed by atoms with E-state index in [9.17, 15) is 5.11 Å². The van der Waals surface area contributed by atoms with Crippen LogP contribution in [-0.4, -0.2) is 23.7 Å². The van der Waals surface area contributed by atoms with Crippen molar-refractivity contribution in [3.8, 4) is 11.5 Å². The molecule has 0 spiro atoms. The highest BCUT2D eigenvalue weighted by Gasteiger charge is 2.34. The highest BCUT2D eigenvalue weighted by molar-refractivity contribution is 7.12. The van der Waals surface area contributed by atoms with Crippen LogP contribution in [0.5, 0.6) is 11.5 Å². The third kappa shape index (κ3) is 2.62. The van der Waals surface area contributed by atoms with Gasteiger partial charge in [0, 0.05) is 34.4 Å². The number of phenols is 1. The van der Waals surface area contributed by atoms with Gasteiger partial charge in [0.25, 0.3) is 0 Å². The fourth-order valence-electron chi connectivity index (χ4n) is 4.14. The zero-order valence-electron chi connectivity index (χ0n) is 14.5. The number of thiophene rings is 1. The average molecular weight is 343 g/mol. The van der Waals surface area contributed by atoms with E-state index in [1.54, 1.807) is 28.5 Å². The second-order valence-electron chi connectivity index (χ2n) is 6.89. The van der Waals surface area contributed by atoms with Crippen molar-refractivity contribution in [3.05, 3.63) is 44.6 Å². The van der Waals surface area contributed by atoms with Gasteiger partial charge in [-0.25, -0.2) is 0 Å². The van der Waals surface area contributed by atoms with Gasteiger partial charge in [-0.15, -0.1) is 11.3 Å². The standard InChI is InChI=1S/C20H25NO2S/c1-3-4-5-14-11-15-17-10-13-6-7-18(22)20(23-2)16(13)12-21(17)9-8-19(15)24-14/h6-7,11,17,22H,3-5,8-10,12H2,1-2H3/t17-/m0/s1. The summed E-state index contributed by atoms with van der Waals surface area (Å²) in [6.07, 6.45) is 5.93. The van der Waals surface area contributed by atoms with Crippen molar-refractivity contribution in [1.29, 1.82) is 0 Å². The summed E-state index contributed by atoms with van der Waals surface area (Å²) >= 11 is 2.03. The molecule has 0 bridgehead atoms. The van der Waals surface area contributed by atoms with Crippen molar-refractivity contribution in [3.63, 3.8) is 0 Å². The molecule has 3 heterocycles. The monoisotopic (exact) mass is 343 g/mol. The summed E-state index contributed by atoms with van der Waals surface area (Å²) in [6, 6.07) is 6.80. The van der Waals surface area contributed by atoms with Crippen molar-refractivity contribution in [2.75, 3.05) is 13.7 Å². The number of benzene rings is 1. The van der Waals surface area contributed by atoms with Crippen LogP contribution in [0.3, 0.4) is 0 Å². The van der Waals surface area contributed by atoms with Crippen LogP contribution in [0.25, 0.3) is 0 Å². The third-order valence-electron chi connectivity index (χ3n) is 5.41. The van der Waals surface area contributed by atoms with E-state index in [0.717, 1.165) is 25.9 Å². The van der Waals surface area contributed by atoms with Gasteiger partial charge in [0.15, 0.2) is 11.5 Å². The van der Waals surface area contributed by atoms with Crippen LogP contribution in [0, 0.1) is 0 Å². The number of aryl methyl sites for hydroxylation is 1. The van der Waals surface area contributed by atoms with Crippen molar-refractivity contribution in [2.24, 2.45) is 0 Å². The van der Waals surface area contributed by atoms with E-state index >= 15 is 0 Å². The van der Waals surface area contributed by atoms with Crippen LogP contribution >= 0.6 is 11.3 Å². The normalized spacial score (nSPS) is 19.5. The lowest BCUT2D eigenvalue weighted by Gasteiger charge is -2.40. The van der Waals surface area contributed by atoms with E-state index in [4.69, 9.17) is 4.74 Å². The van der Waals surface area contributed by atoms with Crippen LogP contribution in [0.2, 0.25) is 0 Å². The van der Waals surface area contributed by atoms with Crippen molar-refractivity contribution in [2.45, 2.75) is 51.6 Å². The molecule has 4 heteroatoms. The zero-order chi connectivity index (χ0) is 16.7. The molecule has 0 saturated carbocycles. The zero-order valence-corrected chi connectivity index (χ0v) is 15.3. The molecular weight excluding hydrogens is 318 g/mol. The Bertz CT molecular complexity index is 752. The lowest BCUT2D eigenvalue weighted by Crippen LogP contribution is -2.38. The van der Waals surface area contributed by atoms with Crippen molar-refractivity contribution in [1.82, 2.24) is 4.90 Å². The maximum absolute atomic E-state index is 10.1. The fourth-order valence-corrected chi connectivity index (χ4v) is 5.39. The predicted octanol–water partition coefficient (Wildman–Crippen LogP) is 4.46. The molecule has 1 aromatic heterocycles. The van der Waals surface area contributed by atoms with Gasteiger partial charge in [0.2, 0.25) is 0 Å². The van der Waals surface area contributed by atoms with Gasteiger partial charge in [-0.2, -0.15) is 0 Å². The third-order valence-corrected chi connectivity index (χ3v) is 6.68. The van der Waals surface area contributed by atoms with E-state index in [0.29, 0.717) is 11.8 Å². The summed E-state index contributed by atoms with van der Waals surface area (Å²) in [5.41, 5.74) is 4.04. The first kappa shape index (κ1) is 16.0. The number of hydrogen-bond acceptors (Lipinski definition) is 4. The van der Waals surface area contributed by atoms with Gasteiger partial charge in [0.1, 0.15) is 0 Å². The van der Waals surface area contributed by atoms with Gasteiger partial charge in [-0.05, 0) is 48.9 Å². The number of ether oxygens (including phenoxy) is 1. The van der Waals surface area contributed by atoms with Gasteiger partial charge in [-0.3, -0.25) is 4.90 Å². The SMILES string of the molecule is CCCCc1cc2c(s1)CCN1Cc3c(ccc(O)c3OC)C[C@@H]21. The van der Waals surface area contributed by atoms with Crippen LogP contribution in [-0.2, 0) is 25.8 Å². The first-order chi connectivity index (χ1) is 11.7. The molecule has 2 aliphatic heterocycles. The maximum atomic E-state index is 10.1. The minimum absolute atomic E-state index is 0.254. The molecule has 0 fully saturated rings. The highest BCUT2D eigenvalue weighted by Crippen LogP contribution is 2.45. The Balaban J connectivity index is 1.67. The summed E-state index contributed by atoms with van der Waals surface area (Å²) in [5, 5.41) is 10.1. The average Bonchev–Trinajstić information content (AvgIpc) is 3.02. The minimum Gasteiger partial charge on any atom is -0.504 e. The molecular formula is C20H25NO2S. The van der Waals surface area contributed by atoms with E-state index < -0.39 is 0 Å². The summed E-state index contributed by atoms with van der Waals surface area (Å²) in [5.74, 6) is 0.912. The predicted molar refractivity (Wildman–Crippen MR) is 98.1 cm³/mol. The lowest BCUT2D eigenvalue weighted by molar-refractivity contribution is 0.159. The number of rotatable bonds is 4. The minimum atomic E-state index is 0.254. The molecule has 0 amide bonds. The molecule has 4 rings (SSSR count). The van der Waals surface area contributed by atoms with Gasteiger partial charge in [0.05, 0.1) is 7.11 Å². The molecule has 1 N–H and O–H groups in total. The molecule has 1 aromatic carbocycles. The number of unbranched alkanes of at least 4 members (excludes halogenated alkanes) is 1. The van der Waals surface area contributed by atoms with Gasteiger partial charge in [-0.1, -0.05) is 19.4 Å². The van der Waals surface area contributed by atoms with Crippen LogP contribution < -0.4 is 4.74 Å². The number of methoxy groups -OCH3 is 1. The van der Waals surface area contributed by atoms with Gasteiger partial charge < -0.3 is 9.84 Å². The van der Waals surface area contributed by atoms with E-state index in [-0.39, 0.29) is 5.75 Å². The smallest absolute Gasteiger partial charge is 0.165 e. The first-order valence-electron chi connectivity index (χ1n) is 8.94. The number of hydrogen-bond donors (Lipinski definition) is 1. The maximum Gasteiger partial charge on any atom is 0.165 e. The topological polar surface area (TPSA) is 32.7 Å². The summed E-state index contributed by atoms with van der Waals surface area (Å²) in [4.78, 5) is 5.71. The summed E-state index contributed by atoms with van der Waals surface area (Å²) in [6.45, 7) is 4.23. The van der Waals surface area contributed by atoms with Crippen molar-refractivity contribution < 1.29 is 9.84 Å². The molecule has 2 aliphatic rings. The highest BCUT2D eigenvalue weighted by atomic mass is 32.1. The Morgan fingerprint density at radius 1 is 1.38 bits per heavy atom. The van der Waals surface area contributed by atoms with E-state index in [1.165, 1.54) is 30.4 Å². The molecule has 0 unspecified atom stereocenters. The second kappa shape index (κ2) is 6.41. The Morgan fingerprint density at radius 2 is 2.25 bits per heavy atom. The molecule has 3 nitrogen and oxygen atoms in total.